The van der Waals surface area contributed by atoms with Gasteiger partial charge in [0.2, 0.25) is 0 Å². The zero-order chi connectivity index (χ0) is 16.0. The van der Waals surface area contributed by atoms with Gasteiger partial charge in [0.15, 0.2) is 0 Å². The SMILES string of the molecule is COCC(C)(NCC(O)c1ccc(F)cc1)c1ccccc1. The van der Waals surface area contributed by atoms with Gasteiger partial charge in [0.25, 0.3) is 0 Å². The van der Waals surface area contributed by atoms with E-state index in [-0.39, 0.29) is 5.82 Å². The molecule has 2 aromatic rings. The highest BCUT2D eigenvalue weighted by atomic mass is 19.1. The molecule has 0 radical (unpaired) electrons. The number of halogens is 1. The third kappa shape index (κ3) is 4.13. The second-order valence-corrected chi connectivity index (χ2v) is 5.58. The van der Waals surface area contributed by atoms with Crippen LogP contribution in [0.3, 0.4) is 0 Å². The molecule has 2 atom stereocenters. The number of aliphatic hydroxyl groups excluding tert-OH is 1. The molecule has 0 aliphatic heterocycles. The fraction of sp³-hybridized carbons (Fsp3) is 0.333. The van der Waals surface area contributed by atoms with Crippen LogP contribution in [0.15, 0.2) is 54.6 Å². The van der Waals surface area contributed by atoms with Crippen molar-refractivity contribution in [1.82, 2.24) is 5.32 Å². The largest absolute Gasteiger partial charge is 0.387 e. The van der Waals surface area contributed by atoms with Crippen molar-refractivity contribution >= 4 is 0 Å². The van der Waals surface area contributed by atoms with Gasteiger partial charge in [-0.25, -0.2) is 4.39 Å². The average Bonchev–Trinajstić information content (AvgIpc) is 2.54. The van der Waals surface area contributed by atoms with Gasteiger partial charge in [-0.05, 0) is 30.2 Å². The van der Waals surface area contributed by atoms with Crippen molar-refractivity contribution in [3.05, 3.63) is 71.5 Å². The summed E-state index contributed by atoms with van der Waals surface area (Å²) in [6, 6.07) is 15.9. The fourth-order valence-electron chi connectivity index (χ4n) is 2.46. The maximum atomic E-state index is 12.9. The predicted molar refractivity (Wildman–Crippen MR) is 85.0 cm³/mol. The third-order valence-electron chi connectivity index (χ3n) is 3.78. The molecule has 0 fully saturated rings. The molecule has 2 aromatic carbocycles. The van der Waals surface area contributed by atoms with Crippen LogP contribution in [0.5, 0.6) is 0 Å². The molecule has 3 nitrogen and oxygen atoms in total. The van der Waals surface area contributed by atoms with Gasteiger partial charge in [-0.1, -0.05) is 42.5 Å². The summed E-state index contributed by atoms with van der Waals surface area (Å²) in [6.45, 7) is 2.86. The van der Waals surface area contributed by atoms with Gasteiger partial charge in [0.1, 0.15) is 5.82 Å². The van der Waals surface area contributed by atoms with Gasteiger partial charge < -0.3 is 15.2 Å². The first-order valence-corrected chi connectivity index (χ1v) is 7.28. The zero-order valence-electron chi connectivity index (χ0n) is 12.9. The molecule has 22 heavy (non-hydrogen) atoms. The summed E-state index contributed by atoms with van der Waals surface area (Å²) in [7, 11) is 1.65. The van der Waals surface area contributed by atoms with E-state index in [0.717, 1.165) is 5.56 Å². The average molecular weight is 303 g/mol. The summed E-state index contributed by atoms with van der Waals surface area (Å²) < 4.78 is 18.3. The minimum Gasteiger partial charge on any atom is -0.387 e. The molecule has 0 aliphatic rings. The van der Waals surface area contributed by atoms with Gasteiger partial charge in [-0.3, -0.25) is 0 Å². The summed E-state index contributed by atoms with van der Waals surface area (Å²) in [4.78, 5) is 0. The van der Waals surface area contributed by atoms with Crippen molar-refractivity contribution in [3.63, 3.8) is 0 Å². The van der Waals surface area contributed by atoms with Crippen molar-refractivity contribution in [1.29, 1.82) is 0 Å². The van der Waals surface area contributed by atoms with Crippen molar-refractivity contribution in [3.8, 4) is 0 Å². The number of hydrogen-bond donors (Lipinski definition) is 2. The quantitative estimate of drug-likeness (QED) is 0.826. The third-order valence-corrected chi connectivity index (χ3v) is 3.78. The van der Waals surface area contributed by atoms with E-state index in [0.29, 0.717) is 18.7 Å². The van der Waals surface area contributed by atoms with E-state index in [9.17, 15) is 9.50 Å². The second kappa shape index (κ2) is 7.49. The highest BCUT2D eigenvalue weighted by Gasteiger charge is 2.26. The van der Waals surface area contributed by atoms with Crippen LogP contribution in [0, 0.1) is 5.82 Å². The highest BCUT2D eigenvalue weighted by molar-refractivity contribution is 5.24. The number of benzene rings is 2. The molecule has 0 spiro atoms. The van der Waals surface area contributed by atoms with E-state index in [1.165, 1.54) is 12.1 Å². The van der Waals surface area contributed by atoms with Crippen LogP contribution in [0.25, 0.3) is 0 Å². The van der Waals surface area contributed by atoms with Gasteiger partial charge in [0.05, 0.1) is 18.2 Å². The Labute approximate surface area is 130 Å². The number of ether oxygens (including phenoxy) is 1. The Balaban J connectivity index is 2.07. The van der Waals surface area contributed by atoms with Crippen LogP contribution in [-0.4, -0.2) is 25.4 Å². The lowest BCUT2D eigenvalue weighted by Gasteiger charge is -2.32. The van der Waals surface area contributed by atoms with Gasteiger partial charge in [-0.15, -0.1) is 0 Å². The molecule has 4 heteroatoms. The molecule has 2 N–H and O–H groups in total. The summed E-state index contributed by atoms with van der Waals surface area (Å²) >= 11 is 0. The predicted octanol–water partition coefficient (Wildman–Crippen LogP) is 3.01. The maximum Gasteiger partial charge on any atom is 0.123 e. The van der Waals surface area contributed by atoms with Crippen LogP contribution in [-0.2, 0) is 10.3 Å². The van der Waals surface area contributed by atoms with Crippen LogP contribution in [0.4, 0.5) is 4.39 Å². The molecule has 118 valence electrons. The lowest BCUT2D eigenvalue weighted by Crippen LogP contribution is -2.45. The smallest absolute Gasteiger partial charge is 0.123 e. The Kier molecular flexibility index (Phi) is 5.66. The zero-order valence-corrected chi connectivity index (χ0v) is 12.9. The number of rotatable bonds is 7. The second-order valence-electron chi connectivity index (χ2n) is 5.58. The molecule has 0 bridgehead atoms. The molecule has 0 saturated heterocycles. The molecule has 2 rings (SSSR count). The van der Waals surface area contributed by atoms with Crippen LogP contribution >= 0.6 is 0 Å². The van der Waals surface area contributed by atoms with Crippen LogP contribution in [0.1, 0.15) is 24.2 Å². The van der Waals surface area contributed by atoms with Gasteiger partial charge >= 0.3 is 0 Å². The van der Waals surface area contributed by atoms with Crippen molar-refractivity contribution < 1.29 is 14.2 Å². The topological polar surface area (TPSA) is 41.5 Å². The summed E-state index contributed by atoms with van der Waals surface area (Å²) in [5, 5.41) is 13.6. The normalized spacial score (nSPS) is 15.3. The Morgan fingerprint density at radius 1 is 1.14 bits per heavy atom. The van der Waals surface area contributed by atoms with Crippen molar-refractivity contribution in [2.45, 2.75) is 18.6 Å². The van der Waals surface area contributed by atoms with Crippen LogP contribution < -0.4 is 5.32 Å². The van der Waals surface area contributed by atoms with Crippen molar-refractivity contribution in [2.75, 3.05) is 20.3 Å². The molecular formula is C18H22FNO2. The molecule has 0 heterocycles. The monoisotopic (exact) mass is 303 g/mol. The standard InChI is InChI=1S/C18H22FNO2/c1-18(13-22-2,15-6-4-3-5-7-15)20-12-17(21)14-8-10-16(19)11-9-14/h3-11,17,20-21H,12-13H2,1-2H3. The van der Waals surface area contributed by atoms with Crippen molar-refractivity contribution in [2.24, 2.45) is 0 Å². The maximum absolute atomic E-state index is 12.9. The Morgan fingerprint density at radius 2 is 1.77 bits per heavy atom. The summed E-state index contributed by atoms with van der Waals surface area (Å²) in [5.41, 5.74) is 1.36. The first kappa shape index (κ1) is 16.6. The molecule has 0 aromatic heterocycles. The minimum atomic E-state index is -0.708. The summed E-state index contributed by atoms with van der Waals surface area (Å²) in [6.07, 6.45) is -0.708. The summed E-state index contributed by atoms with van der Waals surface area (Å²) in [5.74, 6) is -0.308. The molecule has 0 aliphatic carbocycles. The van der Waals surface area contributed by atoms with E-state index in [1.54, 1.807) is 19.2 Å². The Bertz CT molecular complexity index is 573. The van der Waals surface area contributed by atoms with E-state index in [1.807, 2.05) is 37.3 Å². The number of hydrogen-bond acceptors (Lipinski definition) is 3. The Morgan fingerprint density at radius 3 is 2.36 bits per heavy atom. The first-order valence-electron chi connectivity index (χ1n) is 7.28. The lowest BCUT2D eigenvalue weighted by molar-refractivity contribution is 0.0980. The Hall–Kier alpha value is -1.75. The van der Waals surface area contributed by atoms with Crippen LogP contribution in [0.2, 0.25) is 0 Å². The number of methoxy groups -OCH3 is 1. The number of aliphatic hydroxyl groups is 1. The minimum absolute atomic E-state index is 0.308. The lowest BCUT2D eigenvalue weighted by atomic mass is 9.92. The van der Waals surface area contributed by atoms with E-state index >= 15 is 0 Å². The van der Waals surface area contributed by atoms with Gasteiger partial charge in [0, 0.05) is 13.7 Å². The van der Waals surface area contributed by atoms with E-state index in [4.69, 9.17) is 4.74 Å². The molecule has 0 amide bonds. The molecule has 2 unspecified atom stereocenters. The van der Waals surface area contributed by atoms with E-state index in [2.05, 4.69) is 5.32 Å². The number of nitrogens with one attached hydrogen (secondary N) is 1. The van der Waals surface area contributed by atoms with E-state index < -0.39 is 11.6 Å². The fourth-order valence-corrected chi connectivity index (χ4v) is 2.46. The highest BCUT2D eigenvalue weighted by Crippen LogP contribution is 2.22. The molecular weight excluding hydrogens is 281 g/mol. The first-order chi connectivity index (χ1) is 10.5. The van der Waals surface area contributed by atoms with Gasteiger partial charge in [-0.2, -0.15) is 0 Å². The molecule has 0 saturated carbocycles.